The summed E-state index contributed by atoms with van der Waals surface area (Å²) in [6.45, 7) is 6.84. The highest BCUT2D eigenvalue weighted by Crippen LogP contribution is 2.42. The standard InChI is InChI=1S/C29H28FN3O2S/c1-20-11-12-21(2)25(17-20)31-13-15-32(16-14-31)28(34)19-33-24-9-5-6-10-26(24)36-27(29(33)35)18-22-7-3-4-8-23(22)30/h3-12,17-18H,13-16,19H2,1-2H3. The van der Waals surface area contributed by atoms with Crippen LogP contribution in [-0.2, 0) is 9.59 Å². The molecule has 3 aromatic carbocycles. The predicted octanol–water partition coefficient (Wildman–Crippen LogP) is 5.27. The molecule has 7 heteroatoms. The summed E-state index contributed by atoms with van der Waals surface area (Å²) in [6.07, 6.45) is 1.57. The lowest BCUT2D eigenvalue weighted by molar-refractivity contribution is -0.131. The van der Waals surface area contributed by atoms with Crippen molar-refractivity contribution >= 4 is 41.0 Å². The minimum Gasteiger partial charge on any atom is -0.368 e. The van der Waals surface area contributed by atoms with E-state index in [0.717, 1.165) is 18.0 Å². The summed E-state index contributed by atoms with van der Waals surface area (Å²) in [7, 11) is 0. The Hall–Kier alpha value is -3.58. The third-order valence-corrected chi connectivity index (χ3v) is 7.73. The number of amides is 2. The van der Waals surface area contributed by atoms with Crippen LogP contribution in [-0.4, -0.2) is 49.4 Å². The van der Waals surface area contributed by atoms with Gasteiger partial charge in [-0.25, -0.2) is 4.39 Å². The fraction of sp³-hybridized carbons (Fsp3) is 0.241. The zero-order valence-electron chi connectivity index (χ0n) is 20.4. The number of benzene rings is 3. The van der Waals surface area contributed by atoms with Crippen LogP contribution in [0.1, 0.15) is 16.7 Å². The molecule has 2 heterocycles. The second kappa shape index (κ2) is 10.2. The number of hydrogen-bond acceptors (Lipinski definition) is 4. The van der Waals surface area contributed by atoms with Crippen molar-refractivity contribution in [1.29, 1.82) is 0 Å². The van der Waals surface area contributed by atoms with Gasteiger partial charge in [0.2, 0.25) is 5.91 Å². The van der Waals surface area contributed by atoms with Gasteiger partial charge in [-0.15, -0.1) is 0 Å². The van der Waals surface area contributed by atoms with Gasteiger partial charge in [0.1, 0.15) is 12.4 Å². The number of halogens is 1. The topological polar surface area (TPSA) is 43.9 Å². The number of carbonyl (C=O) groups excluding carboxylic acids is 2. The molecule has 0 atom stereocenters. The van der Waals surface area contributed by atoms with Crippen molar-refractivity contribution < 1.29 is 14.0 Å². The Bertz CT molecular complexity index is 1350. The fourth-order valence-electron chi connectivity index (χ4n) is 4.64. The van der Waals surface area contributed by atoms with E-state index in [4.69, 9.17) is 0 Å². The SMILES string of the molecule is Cc1ccc(C)c(N2CCN(C(=O)CN3C(=O)C(=Cc4ccccc4F)Sc4ccccc43)CC2)c1. The van der Waals surface area contributed by atoms with Crippen LogP contribution in [0.25, 0.3) is 6.08 Å². The van der Waals surface area contributed by atoms with Crippen molar-refractivity contribution in [3.63, 3.8) is 0 Å². The molecule has 0 saturated carbocycles. The van der Waals surface area contributed by atoms with Crippen LogP contribution in [0.4, 0.5) is 15.8 Å². The molecule has 36 heavy (non-hydrogen) atoms. The largest absolute Gasteiger partial charge is 0.368 e. The van der Waals surface area contributed by atoms with Gasteiger partial charge in [0, 0.05) is 42.3 Å². The van der Waals surface area contributed by atoms with Crippen LogP contribution in [0.15, 0.2) is 76.5 Å². The van der Waals surface area contributed by atoms with E-state index in [1.54, 1.807) is 24.3 Å². The number of piperazine rings is 1. The van der Waals surface area contributed by atoms with Crippen LogP contribution in [0.3, 0.4) is 0 Å². The van der Waals surface area contributed by atoms with E-state index in [0.29, 0.717) is 29.2 Å². The zero-order chi connectivity index (χ0) is 25.2. The number of nitrogens with zero attached hydrogens (tertiary/aromatic N) is 3. The van der Waals surface area contributed by atoms with Crippen molar-refractivity contribution in [2.75, 3.05) is 42.5 Å². The van der Waals surface area contributed by atoms with Gasteiger partial charge in [-0.1, -0.05) is 54.2 Å². The molecule has 1 fully saturated rings. The van der Waals surface area contributed by atoms with Gasteiger partial charge in [-0.3, -0.25) is 14.5 Å². The van der Waals surface area contributed by atoms with Gasteiger partial charge in [-0.05, 0) is 55.3 Å². The summed E-state index contributed by atoms with van der Waals surface area (Å²) in [6, 6.07) is 20.3. The maximum Gasteiger partial charge on any atom is 0.265 e. The first-order valence-corrected chi connectivity index (χ1v) is 12.9. The Balaban J connectivity index is 1.33. The second-order valence-electron chi connectivity index (χ2n) is 9.15. The van der Waals surface area contributed by atoms with Crippen LogP contribution < -0.4 is 9.80 Å². The molecule has 0 N–H and O–H groups in total. The minimum atomic E-state index is -0.387. The van der Waals surface area contributed by atoms with Gasteiger partial charge in [0.15, 0.2) is 0 Å². The van der Waals surface area contributed by atoms with Gasteiger partial charge in [-0.2, -0.15) is 0 Å². The summed E-state index contributed by atoms with van der Waals surface area (Å²) >= 11 is 1.31. The van der Waals surface area contributed by atoms with Crippen LogP contribution in [0.5, 0.6) is 0 Å². The lowest BCUT2D eigenvalue weighted by atomic mass is 10.1. The van der Waals surface area contributed by atoms with Crippen LogP contribution in [0.2, 0.25) is 0 Å². The smallest absolute Gasteiger partial charge is 0.265 e. The maximum absolute atomic E-state index is 14.3. The summed E-state index contributed by atoms with van der Waals surface area (Å²) in [5.74, 6) is -0.762. The highest BCUT2D eigenvalue weighted by molar-refractivity contribution is 8.04. The Kier molecular flexibility index (Phi) is 6.83. The van der Waals surface area contributed by atoms with Crippen molar-refractivity contribution in [3.8, 4) is 0 Å². The van der Waals surface area contributed by atoms with Gasteiger partial charge in [0.05, 0.1) is 10.6 Å². The molecule has 184 valence electrons. The highest BCUT2D eigenvalue weighted by atomic mass is 32.2. The second-order valence-corrected chi connectivity index (χ2v) is 10.2. The van der Waals surface area contributed by atoms with E-state index in [1.165, 1.54) is 39.5 Å². The average Bonchev–Trinajstić information content (AvgIpc) is 2.89. The first-order valence-electron chi connectivity index (χ1n) is 12.1. The molecule has 0 spiro atoms. The number of rotatable bonds is 4. The molecular weight excluding hydrogens is 473 g/mol. The molecule has 5 rings (SSSR count). The molecule has 0 bridgehead atoms. The number of para-hydroxylation sites is 1. The van der Waals surface area contributed by atoms with E-state index in [2.05, 4.69) is 36.9 Å². The van der Waals surface area contributed by atoms with E-state index < -0.39 is 0 Å². The Morgan fingerprint density at radius 1 is 0.944 bits per heavy atom. The van der Waals surface area contributed by atoms with Crippen LogP contribution >= 0.6 is 11.8 Å². The summed E-state index contributed by atoms with van der Waals surface area (Å²) in [5, 5.41) is 0. The number of thioether (sulfide) groups is 1. The molecule has 2 aliphatic rings. The van der Waals surface area contributed by atoms with Crippen LogP contribution in [0, 0.1) is 19.7 Å². The average molecular weight is 502 g/mol. The maximum atomic E-state index is 14.3. The molecule has 0 radical (unpaired) electrons. The number of anilines is 2. The number of aryl methyl sites for hydroxylation is 2. The summed E-state index contributed by atoms with van der Waals surface area (Å²) in [5.41, 5.74) is 4.71. The van der Waals surface area contributed by atoms with E-state index in [9.17, 15) is 14.0 Å². The van der Waals surface area contributed by atoms with Crippen molar-refractivity contribution in [3.05, 3.63) is 94.1 Å². The lowest BCUT2D eigenvalue weighted by Gasteiger charge is -2.38. The fourth-order valence-corrected chi connectivity index (χ4v) is 5.69. The number of fused-ring (bicyclic) bond motifs is 1. The van der Waals surface area contributed by atoms with E-state index in [-0.39, 0.29) is 24.2 Å². The van der Waals surface area contributed by atoms with Crippen molar-refractivity contribution in [1.82, 2.24) is 4.90 Å². The Labute approximate surface area is 215 Å². The zero-order valence-corrected chi connectivity index (χ0v) is 21.2. The molecule has 1 saturated heterocycles. The van der Waals surface area contributed by atoms with Gasteiger partial charge < -0.3 is 9.80 Å². The first-order chi connectivity index (χ1) is 17.4. The Morgan fingerprint density at radius 2 is 1.67 bits per heavy atom. The molecule has 0 aromatic heterocycles. The number of hydrogen-bond donors (Lipinski definition) is 0. The molecule has 5 nitrogen and oxygen atoms in total. The van der Waals surface area contributed by atoms with Gasteiger partial charge in [0.25, 0.3) is 5.91 Å². The highest BCUT2D eigenvalue weighted by Gasteiger charge is 2.32. The summed E-state index contributed by atoms with van der Waals surface area (Å²) in [4.78, 5) is 33.7. The Morgan fingerprint density at radius 3 is 2.44 bits per heavy atom. The third kappa shape index (κ3) is 4.88. The first kappa shape index (κ1) is 24.1. The quantitative estimate of drug-likeness (QED) is 0.457. The normalized spacial score (nSPS) is 16.9. The van der Waals surface area contributed by atoms with E-state index in [1.807, 2.05) is 29.2 Å². The summed E-state index contributed by atoms with van der Waals surface area (Å²) < 4.78 is 14.3. The lowest BCUT2D eigenvalue weighted by Crippen LogP contribution is -2.52. The molecular formula is C29H28FN3O2S. The van der Waals surface area contributed by atoms with Gasteiger partial charge >= 0.3 is 0 Å². The molecule has 0 aliphatic carbocycles. The monoisotopic (exact) mass is 501 g/mol. The van der Waals surface area contributed by atoms with Crippen molar-refractivity contribution in [2.24, 2.45) is 0 Å². The minimum absolute atomic E-state index is 0.0471. The molecule has 0 unspecified atom stereocenters. The molecule has 2 aliphatic heterocycles. The predicted molar refractivity (Wildman–Crippen MR) is 144 cm³/mol. The molecule has 3 aromatic rings. The number of carbonyl (C=O) groups is 2. The molecule has 2 amide bonds. The third-order valence-electron chi connectivity index (χ3n) is 6.65. The van der Waals surface area contributed by atoms with E-state index >= 15 is 0 Å². The van der Waals surface area contributed by atoms with Crippen molar-refractivity contribution in [2.45, 2.75) is 18.7 Å².